The predicted octanol–water partition coefficient (Wildman–Crippen LogP) is 2.02. The molecule has 3 atom stereocenters. The van der Waals surface area contributed by atoms with Crippen LogP contribution in [0.4, 0.5) is 0 Å². The molecule has 1 aromatic rings. The first-order valence-electron chi connectivity index (χ1n) is 11.0. The molecule has 4 rings (SSSR count). The molecule has 4 heterocycles. The highest BCUT2D eigenvalue weighted by atomic mass is 16.2. The van der Waals surface area contributed by atoms with Gasteiger partial charge in [0.25, 0.3) is 0 Å². The van der Waals surface area contributed by atoms with Crippen LogP contribution in [0.1, 0.15) is 63.2 Å². The van der Waals surface area contributed by atoms with Gasteiger partial charge in [0.15, 0.2) is 0 Å². The average molecular weight is 400 g/mol. The van der Waals surface area contributed by atoms with Crippen molar-refractivity contribution in [3.05, 3.63) is 23.3 Å². The van der Waals surface area contributed by atoms with E-state index in [1.54, 1.807) is 6.92 Å². The maximum Gasteiger partial charge on any atom is 0.236 e. The van der Waals surface area contributed by atoms with Crippen molar-refractivity contribution < 1.29 is 9.59 Å². The lowest BCUT2D eigenvalue weighted by molar-refractivity contribution is -0.135. The molecule has 2 amide bonds. The topological polar surface area (TPSA) is 69.6 Å². The molecular weight excluding hydrogens is 366 g/mol. The van der Waals surface area contributed by atoms with Crippen LogP contribution in [0.25, 0.3) is 0 Å². The van der Waals surface area contributed by atoms with Crippen molar-refractivity contribution in [3.63, 3.8) is 0 Å². The summed E-state index contributed by atoms with van der Waals surface area (Å²) in [6, 6.07) is 0.120. The normalized spacial score (nSPS) is 27.8. The van der Waals surface area contributed by atoms with Crippen molar-refractivity contribution in [2.75, 3.05) is 32.7 Å². The lowest BCUT2D eigenvalue weighted by Gasteiger charge is -2.36. The van der Waals surface area contributed by atoms with Crippen LogP contribution in [0.2, 0.25) is 0 Å². The van der Waals surface area contributed by atoms with E-state index in [0.717, 1.165) is 62.5 Å². The molecule has 0 N–H and O–H groups in total. The number of fused-ring (bicyclic) bond motifs is 1. The molecule has 3 unspecified atom stereocenters. The number of carbonyl (C=O) groups is 2. The van der Waals surface area contributed by atoms with Crippen LogP contribution in [0.15, 0.2) is 6.20 Å². The summed E-state index contributed by atoms with van der Waals surface area (Å²) in [5, 5.41) is 0. The summed E-state index contributed by atoms with van der Waals surface area (Å²) in [5.74, 6) is 2.34. The van der Waals surface area contributed by atoms with Crippen LogP contribution in [0.5, 0.6) is 0 Å². The van der Waals surface area contributed by atoms with Gasteiger partial charge < -0.3 is 9.80 Å². The minimum atomic E-state index is 0.0987. The van der Waals surface area contributed by atoms with E-state index in [0.29, 0.717) is 24.9 Å². The van der Waals surface area contributed by atoms with Crippen molar-refractivity contribution >= 4 is 11.8 Å². The minimum absolute atomic E-state index is 0.0987. The van der Waals surface area contributed by atoms with Gasteiger partial charge in [0.05, 0.1) is 18.3 Å². The highest BCUT2D eigenvalue weighted by Gasteiger charge is 2.33. The van der Waals surface area contributed by atoms with Crippen molar-refractivity contribution in [2.24, 2.45) is 11.8 Å². The van der Waals surface area contributed by atoms with Gasteiger partial charge in [-0.05, 0) is 37.6 Å². The Morgan fingerprint density at radius 2 is 1.90 bits per heavy atom. The van der Waals surface area contributed by atoms with E-state index in [9.17, 15) is 9.59 Å². The predicted molar refractivity (Wildman–Crippen MR) is 110 cm³/mol. The third-order valence-electron chi connectivity index (χ3n) is 6.62. The van der Waals surface area contributed by atoms with Gasteiger partial charge in [-0.1, -0.05) is 13.8 Å². The van der Waals surface area contributed by atoms with E-state index in [1.165, 1.54) is 6.42 Å². The zero-order valence-corrected chi connectivity index (χ0v) is 17.9. The van der Waals surface area contributed by atoms with Gasteiger partial charge in [-0.15, -0.1) is 0 Å². The number of likely N-dealkylation sites (tertiary alicyclic amines) is 2. The monoisotopic (exact) mass is 399 g/mol. The third-order valence-corrected chi connectivity index (χ3v) is 6.62. The Morgan fingerprint density at radius 3 is 2.62 bits per heavy atom. The molecule has 0 bridgehead atoms. The van der Waals surface area contributed by atoms with Crippen LogP contribution >= 0.6 is 0 Å². The SMILES string of the molecule is CC(=O)N1CCc2nc(C3CCCN3CC(=O)N3CC(C)CC(C)C3)ncc2C1. The number of hydrogen-bond acceptors (Lipinski definition) is 5. The number of nitrogens with zero attached hydrogens (tertiary/aromatic N) is 5. The van der Waals surface area contributed by atoms with Crippen molar-refractivity contribution in [1.82, 2.24) is 24.7 Å². The molecule has 0 spiro atoms. The molecule has 29 heavy (non-hydrogen) atoms. The van der Waals surface area contributed by atoms with Crippen LogP contribution in [-0.4, -0.2) is 69.2 Å². The van der Waals surface area contributed by atoms with Crippen molar-refractivity contribution in [1.29, 1.82) is 0 Å². The summed E-state index contributed by atoms with van der Waals surface area (Å²) in [7, 11) is 0. The average Bonchev–Trinajstić information content (AvgIpc) is 3.14. The molecule has 0 aliphatic carbocycles. The molecule has 1 aromatic heterocycles. The molecule has 2 fully saturated rings. The minimum Gasteiger partial charge on any atom is -0.341 e. The summed E-state index contributed by atoms with van der Waals surface area (Å²) in [5.41, 5.74) is 2.11. The summed E-state index contributed by atoms with van der Waals surface area (Å²) in [4.78, 5) is 40.3. The van der Waals surface area contributed by atoms with E-state index in [2.05, 4.69) is 28.6 Å². The summed E-state index contributed by atoms with van der Waals surface area (Å²) >= 11 is 0. The lowest BCUT2D eigenvalue weighted by atomic mass is 9.92. The second-order valence-corrected chi connectivity index (χ2v) is 9.26. The van der Waals surface area contributed by atoms with Gasteiger partial charge in [0.1, 0.15) is 5.82 Å². The summed E-state index contributed by atoms with van der Waals surface area (Å²) in [6.45, 7) is 10.5. The Balaban J connectivity index is 1.43. The fourth-order valence-corrected chi connectivity index (χ4v) is 5.21. The first-order valence-corrected chi connectivity index (χ1v) is 11.0. The fraction of sp³-hybridized carbons (Fsp3) is 0.727. The van der Waals surface area contributed by atoms with Gasteiger partial charge in [0, 0.05) is 51.3 Å². The molecule has 0 saturated carbocycles. The zero-order valence-electron chi connectivity index (χ0n) is 17.9. The summed E-state index contributed by atoms with van der Waals surface area (Å²) < 4.78 is 0. The van der Waals surface area contributed by atoms with Crippen LogP contribution in [0, 0.1) is 11.8 Å². The Bertz CT molecular complexity index is 772. The van der Waals surface area contributed by atoms with Crippen molar-refractivity contribution in [3.8, 4) is 0 Å². The standard InChI is InChI=1S/C22H33N5O2/c1-15-9-16(2)12-27(11-15)21(29)14-26-7-4-5-20(26)22-23-10-18-13-25(17(3)28)8-6-19(18)24-22/h10,15-16,20H,4-9,11-14H2,1-3H3. The quantitative estimate of drug-likeness (QED) is 0.778. The van der Waals surface area contributed by atoms with E-state index in [-0.39, 0.29) is 17.9 Å². The number of rotatable bonds is 3. The number of hydrogen-bond donors (Lipinski definition) is 0. The van der Waals surface area contributed by atoms with E-state index in [4.69, 9.17) is 4.98 Å². The largest absolute Gasteiger partial charge is 0.341 e. The Morgan fingerprint density at radius 1 is 1.14 bits per heavy atom. The maximum atomic E-state index is 13.0. The Labute approximate surface area is 173 Å². The van der Waals surface area contributed by atoms with Gasteiger partial charge in [-0.2, -0.15) is 0 Å². The number of amides is 2. The number of aromatic nitrogens is 2. The third kappa shape index (κ3) is 4.44. The van der Waals surface area contributed by atoms with Crippen LogP contribution in [0.3, 0.4) is 0 Å². The first kappa shape index (κ1) is 20.3. The van der Waals surface area contributed by atoms with Gasteiger partial charge in [0.2, 0.25) is 11.8 Å². The molecule has 7 nitrogen and oxygen atoms in total. The molecular formula is C22H33N5O2. The fourth-order valence-electron chi connectivity index (χ4n) is 5.21. The van der Waals surface area contributed by atoms with Crippen LogP contribution < -0.4 is 0 Å². The van der Waals surface area contributed by atoms with E-state index in [1.807, 2.05) is 11.1 Å². The highest BCUT2D eigenvalue weighted by molar-refractivity contribution is 5.78. The maximum absolute atomic E-state index is 13.0. The lowest BCUT2D eigenvalue weighted by Crippen LogP contribution is -2.47. The molecule has 3 aliphatic rings. The second kappa shape index (κ2) is 8.38. The smallest absolute Gasteiger partial charge is 0.236 e. The number of piperidine rings is 1. The van der Waals surface area contributed by atoms with Gasteiger partial charge >= 0.3 is 0 Å². The van der Waals surface area contributed by atoms with E-state index < -0.39 is 0 Å². The Kier molecular flexibility index (Phi) is 5.86. The second-order valence-electron chi connectivity index (χ2n) is 9.26. The van der Waals surface area contributed by atoms with E-state index >= 15 is 0 Å². The van der Waals surface area contributed by atoms with Crippen LogP contribution in [-0.2, 0) is 22.6 Å². The molecule has 0 aromatic carbocycles. The van der Waals surface area contributed by atoms with Crippen molar-refractivity contribution in [2.45, 2.75) is 59.0 Å². The number of carbonyl (C=O) groups excluding carboxylic acids is 2. The van der Waals surface area contributed by atoms with Gasteiger partial charge in [-0.3, -0.25) is 14.5 Å². The molecule has 7 heteroatoms. The molecule has 158 valence electrons. The zero-order chi connectivity index (χ0) is 20.5. The Hall–Kier alpha value is -2.02. The molecule has 2 saturated heterocycles. The summed E-state index contributed by atoms with van der Waals surface area (Å²) in [6.07, 6.45) is 5.95. The molecule has 3 aliphatic heterocycles. The molecule has 0 radical (unpaired) electrons. The van der Waals surface area contributed by atoms with Gasteiger partial charge in [-0.25, -0.2) is 9.97 Å². The highest BCUT2D eigenvalue weighted by Crippen LogP contribution is 2.31. The first-order chi connectivity index (χ1) is 13.9.